The van der Waals surface area contributed by atoms with Crippen molar-refractivity contribution in [2.45, 2.75) is 39.0 Å². The quantitative estimate of drug-likeness (QED) is 0.536. The second-order valence-electron chi connectivity index (χ2n) is 9.31. The van der Waals surface area contributed by atoms with E-state index in [2.05, 4.69) is 48.1 Å². The Labute approximate surface area is 197 Å². The molecule has 2 aliphatic rings. The Bertz CT molecular complexity index is 1060. The van der Waals surface area contributed by atoms with Gasteiger partial charge in [0.15, 0.2) is 0 Å². The number of hydrogen-bond acceptors (Lipinski definition) is 6. The number of nitrogens with zero attached hydrogens (tertiary/aromatic N) is 5. The Morgan fingerprint density at radius 2 is 1.88 bits per heavy atom. The zero-order chi connectivity index (χ0) is 23.4. The molecular formula is C26H37N5O2. The number of rotatable bonds is 6. The highest BCUT2D eigenvalue weighted by molar-refractivity contribution is 5.81. The molecule has 0 radical (unpaired) electrons. The van der Waals surface area contributed by atoms with E-state index in [1.165, 1.54) is 37.7 Å². The van der Waals surface area contributed by atoms with Crippen molar-refractivity contribution in [2.75, 3.05) is 57.8 Å². The summed E-state index contributed by atoms with van der Waals surface area (Å²) in [4.78, 5) is 8.89. The molecule has 1 aliphatic heterocycles. The van der Waals surface area contributed by atoms with Crippen LogP contribution in [0.15, 0.2) is 30.5 Å². The molecule has 4 heterocycles. The third-order valence-electron chi connectivity index (χ3n) is 6.31. The largest absolute Gasteiger partial charge is 0.478 e. The van der Waals surface area contributed by atoms with Gasteiger partial charge in [0.25, 0.3) is 5.88 Å². The Kier molecular flexibility index (Phi) is 7.38. The summed E-state index contributed by atoms with van der Waals surface area (Å²) in [6.45, 7) is 5.16. The first-order chi connectivity index (χ1) is 16.0. The normalized spacial score (nSPS) is 15.7. The van der Waals surface area contributed by atoms with Crippen LogP contribution in [0, 0.1) is 12.8 Å². The van der Waals surface area contributed by atoms with E-state index in [0.29, 0.717) is 5.88 Å². The molecule has 7 nitrogen and oxygen atoms in total. The standard InChI is InChI=1S/C21H27N5O.C5H10O/c1-14-11-19(24(2)3)22-12-16(14)17-7-6-8-18-20(21(27-5)23-26(17)18)25(4)13-15-9-10-15;1-2-4-6-5-3-1/h6-8,11-12,15H,9-10,13H2,1-5H3;1-5H2. The highest BCUT2D eigenvalue weighted by atomic mass is 16.5. The van der Waals surface area contributed by atoms with Gasteiger partial charge in [-0.15, -0.1) is 5.10 Å². The van der Waals surface area contributed by atoms with Gasteiger partial charge in [0.2, 0.25) is 0 Å². The topological polar surface area (TPSA) is 55.1 Å². The summed E-state index contributed by atoms with van der Waals surface area (Å²) in [5.74, 6) is 2.41. The van der Waals surface area contributed by atoms with Gasteiger partial charge in [0, 0.05) is 52.7 Å². The van der Waals surface area contributed by atoms with Crippen molar-refractivity contribution in [1.82, 2.24) is 14.6 Å². The molecule has 5 rings (SSSR count). The molecule has 0 N–H and O–H groups in total. The van der Waals surface area contributed by atoms with Gasteiger partial charge in [-0.05, 0) is 68.7 Å². The first-order valence-electron chi connectivity index (χ1n) is 12.0. The van der Waals surface area contributed by atoms with Crippen LogP contribution in [-0.2, 0) is 4.74 Å². The lowest BCUT2D eigenvalue weighted by atomic mass is 10.1. The van der Waals surface area contributed by atoms with E-state index in [1.807, 2.05) is 29.7 Å². The van der Waals surface area contributed by atoms with Crippen LogP contribution >= 0.6 is 0 Å². The molecule has 2 fully saturated rings. The summed E-state index contributed by atoms with van der Waals surface area (Å²) in [6, 6.07) is 8.38. The lowest BCUT2D eigenvalue weighted by Crippen LogP contribution is -2.20. The fourth-order valence-corrected chi connectivity index (χ4v) is 4.26. The lowest BCUT2D eigenvalue weighted by Gasteiger charge is -2.18. The molecule has 7 heteroatoms. The van der Waals surface area contributed by atoms with Crippen molar-refractivity contribution in [3.8, 4) is 17.1 Å². The molecule has 1 saturated heterocycles. The van der Waals surface area contributed by atoms with Gasteiger partial charge in [-0.2, -0.15) is 0 Å². The van der Waals surface area contributed by atoms with Crippen LogP contribution in [-0.4, -0.2) is 62.6 Å². The zero-order valence-corrected chi connectivity index (χ0v) is 20.7. The maximum Gasteiger partial charge on any atom is 0.257 e. The van der Waals surface area contributed by atoms with Crippen molar-refractivity contribution >= 4 is 17.0 Å². The van der Waals surface area contributed by atoms with E-state index in [4.69, 9.17) is 14.6 Å². The summed E-state index contributed by atoms with van der Waals surface area (Å²) < 4.78 is 12.7. The average molecular weight is 452 g/mol. The van der Waals surface area contributed by atoms with Crippen LogP contribution in [0.2, 0.25) is 0 Å². The molecule has 33 heavy (non-hydrogen) atoms. The minimum Gasteiger partial charge on any atom is -0.478 e. The molecule has 0 spiro atoms. The van der Waals surface area contributed by atoms with Gasteiger partial charge in [0.05, 0.1) is 18.3 Å². The van der Waals surface area contributed by atoms with Crippen LogP contribution < -0.4 is 14.5 Å². The van der Waals surface area contributed by atoms with Crippen molar-refractivity contribution in [1.29, 1.82) is 0 Å². The average Bonchev–Trinajstić information content (AvgIpc) is 3.56. The van der Waals surface area contributed by atoms with Gasteiger partial charge in [0.1, 0.15) is 11.5 Å². The molecule has 1 aliphatic carbocycles. The first kappa shape index (κ1) is 23.4. The first-order valence-corrected chi connectivity index (χ1v) is 12.0. The Balaban J connectivity index is 0.000000376. The SMILES string of the molecule is C1CCOCC1.COc1nn2c(-c3cnc(N(C)C)cc3C)cccc2c1N(C)CC1CC1. The van der Waals surface area contributed by atoms with E-state index in [9.17, 15) is 0 Å². The predicted octanol–water partition coefficient (Wildman–Crippen LogP) is 4.81. The summed E-state index contributed by atoms with van der Waals surface area (Å²) in [7, 11) is 7.82. The van der Waals surface area contributed by atoms with Crippen LogP contribution in [0.3, 0.4) is 0 Å². The molecule has 0 aromatic carbocycles. The second kappa shape index (κ2) is 10.4. The molecule has 178 valence electrons. The number of aromatic nitrogens is 3. The molecule has 0 atom stereocenters. The Morgan fingerprint density at radius 3 is 2.42 bits per heavy atom. The number of aryl methyl sites for hydroxylation is 1. The second-order valence-corrected chi connectivity index (χ2v) is 9.31. The van der Waals surface area contributed by atoms with E-state index >= 15 is 0 Å². The highest BCUT2D eigenvalue weighted by Crippen LogP contribution is 2.38. The summed E-state index contributed by atoms with van der Waals surface area (Å²) in [6.07, 6.45) is 8.50. The van der Waals surface area contributed by atoms with Crippen molar-refractivity contribution in [2.24, 2.45) is 5.92 Å². The van der Waals surface area contributed by atoms with Crippen LogP contribution in [0.25, 0.3) is 16.8 Å². The van der Waals surface area contributed by atoms with E-state index < -0.39 is 0 Å². The molecule has 1 saturated carbocycles. The molecule has 0 bridgehead atoms. The van der Waals surface area contributed by atoms with E-state index in [1.54, 1.807) is 7.11 Å². The van der Waals surface area contributed by atoms with Gasteiger partial charge in [-0.1, -0.05) is 6.07 Å². The lowest BCUT2D eigenvalue weighted by molar-refractivity contribution is 0.0968. The number of ether oxygens (including phenoxy) is 2. The third kappa shape index (κ3) is 5.41. The number of methoxy groups -OCH3 is 1. The van der Waals surface area contributed by atoms with Crippen LogP contribution in [0.4, 0.5) is 11.5 Å². The van der Waals surface area contributed by atoms with Crippen molar-refractivity contribution in [3.63, 3.8) is 0 Å². The fraction of sp³-hybridized carbons (Fsp3) is 0.538. The third-order valence-corrected chi connectivity index (χ3v) is 6.31. The van der Waals surface area contributed by atoms with Crippen LogP contribution in [0.5, 0.6) is 5.88 Å². The summed E-state index contributed by atoms with van der Waals surface area (Å²) in [5, 5.41) is 4.77. The van der Waals surface area contributed by atoms with Gasteiger partial charge in [-0.25, -0.2) is 9.50 Å². The number of fused-ring (bicyclic) bond motifs is 1. The molecular weight excluding hydrogens is 414 g/mol. The molecule has 0 amide bonds. The van der Waals surface area contributed by atoms with E-state index in [0.717, 1.165) is 54.0 Å². The minimum atomic E-state index is 0.668. The zero-order valence-electron chi connectivity index (χ0n) is 20.7. The van der Waals surface area contributed by atoms with Gasteiger partial charge < -0.3 is 19.3 Å². The predicted molar refractivity (Wildman–Crippen MR) is 135 cm³/mol. The maximum absolute atomic E-state index is 5.63. The maximum atomic E-state index is 5.63. The Morgan fingerprint density at radius 1 is 1.12 bits per heavy atom. The number of anilines is 2. The number of pyridine rings is 2. The summed E-state index contributed by atoms with van der Waals surface area (Å²) in [5.41, 5.74) is 5.38. The van der Waals surface area contributed by atoms with Crippen molar-refractivity contribution < 1.29 is 9.47 Å². The Hall–Kier alpha value is -2.80. The molecule has 3 aromatic heterocycles. The monoisotopic (exact) mass is 451 g/mol. The van der Waals surface area contributed by atoms with Crippen LogP contribution in [0.1, 0.15) is 37.7 Å². The van der Waals surface area contributed by atoms with E-state index in [-0.39, 0.29) is 0 Å². The minimum absolute atomic E-state index is 0.668. The summed E-state index contributed by atoms with van der Waals surface area (Å²) >= 11 is 0. The number of hydrogen-bond donors (Lipinski definition) is 0. The van der Waals surface area contributed by atoms with Gasteiger partial charge in [-0.3, -0.25) is 0 Å². The van der Waals surface area contributed by atoms with Crippen molar-refractivity contribution in [3.05, 3.63) is 36.0 Å². The van der Waals surface area contributed by atoms with Gasteiger partial charge >= 0.3 is 0 Å². The highest BCUT2D eigenvalue weighted by Gasteiger charge is 2.27. The fourth-order valence-electron chi connectivity index (χ4n) is 4.26. The smallest absolute Gasteiger partial charge is 0.257 e. The molecule has 0 unspecified atom stereocenters. The molecule has 3 aromatic rings.